The van der Waals surface area contributed by atoms with Crippen molar-refractivity contribution in [3.8, 4) is 0 Å². The van der Waals surface area contributed by atoms with Crippen LogP contribution in [0, 0.1) is 0 Å². The molecule has 0 radical (unpaired) electrons. The minimum absolute atomic E-state index is 0.241. The average molecular weight is 336 g/mol. The summed E-state index contributed by atoms with van der Waals surface area (Å²) in [7, 11) is 0. The molecule has 2 aliphatic heterocycles. The smallest absolute Gasteiger partial charge is 0.327 e. The number of carbonyl (C=O) groups is 3. The molecular formula is C15H16N2O5S. The van der Waals surface area contributed by atoms with Gasteiger partial charge >= 0.3 is 5.97 Å². The van der Waals surface area contributed by atoms with Gasteiger partial charge in [0.15, 0.2) is 0 Å². The first kappa shape index (κ1) is 15.7. The third-order valence-electron chi connectivity index (χ3n) is 4.08. The summed E-state index contributed by atoms with van der Waals surface area (Å²) in [6.07, 6.45) is 2.52. The highest BCUT2D eigenvalue weighted by molar-refractivity contribution is 8.01. The predicted molar refractivity (Wildman–Crippen MR) is 83.9 cm³/mol. The number of furan rings is 1. The fraction of sp³-hybridized carbons (Fsp3) is 0.400. The number of carboxylic acid groups (broad SMARTS) is 1. The summed E-state index contributed by atoms with van der Waals surface area (Å²) in [4.78, 5) is 38.9. The van der Waals surface area contributed by atoms with E-state index in [-0.39, 0.29) is 5.88 Å². The maximum atomic E-state index is 12.6. The van der Waals surface area contributed by atoms with Gasteiger partial charge in [-0.1, -0.05) is 6.58 Å². The van der Waals surface area contributed by atoms with Gasteiger partial charge in [0.05, 0.1) is 6.26 Å². The number of β-lactam (4-membered cyclic amide) rings is 1. The number of thioether (sulfide) groups is 1. The lowest BCUT2D eigenvalue weighted by molar-refractivity contribution is -0.159. The molecule has 3 atom stereocenters. The van der Waals surface area contributed by atoms with Gasteiger partial charge in [-0.2, -0.15) is 0 Å². The van der Waals surface area contributed by atoms with E-state index in [0.717, 1.165) is 6.08 Å². The van der Waals surface area contributed by atoms with E-state index < -0.39 is 40.0 Å². The molecule has 2 fully saturated rings. The minimum Gasteiger partial charge on any atom is -0.480 e. The van der Waals surface area contributed by atoms with E-state index in [1.165, 1.54) is 27.8 Å². The summed E-state index contributed by atoms with van der Waals surface area (Å²) >= 11 is 1.37. The van der Waals surface area contributed by atoms with E-state index in [9.17, 15) is 19.5 Å². The zero-order chi connectivity index (χ0) is 16.9. The molecule has 8 heteroatoms. The monoisotopic (exact) mass is 336 g/mol. The maximum Gasteiger partial charge on any atom is 0.327 e. The fourth-order valence-electron chi connectivity index (χ4n) is 3.12. The molecule has 3 heterocycles. The SMILES string of the molecule is C=CC(=O)N(c1ccco1)[C@H]1C(=O)N2[C@@H]1SC(C)(C)[C@@H]2C(=O)O. The molecule has 1 aromatic rings. The molecule has 0 spiro atoms. The van der Waals surface area contributed by atoms with Crippen LogP contribution >= 0.6 is 11.8 Å². The van der Waals surface area contributed by atoms with Crippen LogP contribution in [0.5, 0.6) is 0 Å². The second kappa shape index (κ2) is 5.16. The highest BCUT2D eigenvalue weighted by atomic mass is 32.2. The Morgan fingerprint density at radius 3 is 2.74 bits per heavy atom. The summed E-state index contributed by atoms with van der Waals surface area (Å²) in [5.41, 5.74) is 0. The van der Waals surface area contributed by atoms with Crippen molar-refractivity contribution in [1.29, 1.82) is 0 Å². The third kappa shape index (κ3) is 2.16. The van der Waals surface area contributed by atoms with Crippen molar-refractivity contribution in [2.24, 2.45) is 0 Å². The van der Waals surface area contributed by atoms with Crippen LogP contribution in [0.3, 0.4) is 0 Å². The van der Waals surface area contributed by atoms with Crippen LogP contribution in [-0.4, -0.2) is 50.0 Å². The van der Waals surface area contributed by atoms with E-state index in [4.69, 9.17) is 4.42 Å². The average Bonchev–Trinajstić information content (AvgIpc) is 3.08. The Morgan fingerprint density at radius 2 is 2.22 bits per heavy atom. The van der Waals surface area contributed by atoms with Crippen LogP contribution in [-0.2, 0) is 14.4 Å². The molecule has 0 bridgehead atoms. The summed E-state index contributed by atoms with van der Waals surface area (Å²) in [6.45, 7) is 7.02. The highest BCUT2D eigenvalue weighted by Crippen LogP contribution is 2.52. The van der Waals surface area contributed by atoms with E-state index in [1.807, 2.05) is 0 Å². The van der Waals surface area contributed by atoms with Gasteiger partial charge in [0, 0.05) is 10.8 Å². The molecule has 122 valence electrons. The normalized spacial score (nSPS) is 28.0. The second-order valence-electron chi connectivity index (χ2n) is 5.91. The van der Waals surface area contributed by atoms with Crippen molar-refractivity contribution in [2.75, 3.05) is 4.90 Å². The number of carboxylic acids is 1. The number of carbonyl (C=O) groups excluding carboxylic acids is 2. The van der Waals surface area contributed by atoms with Crippen molar-refractivity contribution in [3.63, 3.8) is 0 Å². The predicted octanol–water partition coefficient (Wildman–Crippen LogP) is 1.31. The van der Waals surface area contributed by atoms with Crippen LogP contribution in [0.2, 0.25) is 0 Å². The first-order valence-corrected chi connectivity index (χ1v) is 7.89. The van der Waals surface area contributed by atoms with Crippen LogP contribution < -0.4 is 4.90 Å². The van der Waals surface area contributed by atoms with E-state index >= 15 is 0 Å². The topological polar surface area (TPSA) is 91.1 Å². The molecule has 3 rings (SSSR count). The van der Waals surface area contributed by atoms with Crippen molar-refractivity contribution in [1.82, 2.24) is 4.90 Å². The lowest BCUT2D eigenvalue weighted by Gasteiger charge is -2.47. The summed E-state index contributed by atoms with van der Waals surface area (Å²) in [6, 6.07) is 1.49. The molecule has 0 aliphatic carbocycles. The molecule has 0 saturated carbocycles. The molecule has 1 aromatic heterocycles. The van der Waals surface area contributed by atoms with Gasteiger partial charge in [0.2, 0.25) is 5.88 Å². The minimum atomic E-state index is -1.05. The molecular weight excluding hydrogens is 320 g/mol. The first-order valence-electron chi connectivity index (χ1n) is 7.01. The Hall–Kier alpha value is -2.22. The van der Waals surface area contributed by atoms with Gasteiger partial charge in [-0.15, -0.1) is 11.8 Å². The van der Waals surface area contributed by atoms with E-state index in [1.54, 1.807) is 26.0 Å². The standard InChI is InChI=1S/C15H16N2O5S/c1-4-8(18)16(9-6-5-7-22-9)10-12(19)17-11(14(20)21)15(2,3)23-13(10)17/h4-7,10-11,13H,1H2,2-3H3,(H,20,21)/t10-,11-,13+/m0/s1. The van der Waals surface area contributed by atoms with Crippen molar-refractivity contribution in [2.45, 2.75) is 36.1 Å². The third-order valence-corrected chi connectivity index (χ3v) is 5.64. The second-order valence-corrected chi connectivity index (χ2v) is 7.68. The Bertz CT molecular complexity index is 684. The largest absolute Gasteiger partial charge is 0.480 e. The van der Waals surface area contributed by atoms with Gasteiger partial charge in [0.1, 0.15) is 17.5 Å². The fourth-order valence-corrected chi connectivity index (χ4v) is 4.79. The Balaban J connectivity index is 1.96. The summed E-state index contributed by atoms with van der Waals surface area (Å²) in [5, 5.41) is 9.01. The van der Waals surface area contributed by atoms with E-state index in [0.29, 0.717) is 0 Å². The first-order chi connectivity index (χ1) is 10.8. The lowest BCUT2D eigenvalue weighted by Crippen LogP contribution is -2.71. The molecule has 0 unspecified atom stereocenters. The molecule has 2 amide bonds. The van der Waals surface area contributed by atoms with Crippen LogP contribution in [0.4, 0.5) is 5.88 Å². The maximum absolute atomic E-state index is 12.6. The molecule has 23 heavy (non-hydrogen) atoms. The van der Waals surface area contributed by atoms with Gasteiger partial charge in [-0.05, 0) is 26.0 Å². The molecule has 0 aromatic carbocycles. The number of anilines is 1. The number of rotatable bonds is 4. The van der Waals surface area contributed by atoms with Gasteiger partial charge in [-0.25, -0.2) is 4.79 Å². The van der Waals surface area contributed by atoms with Crippen molar-refractivity contribution in [3.05, 3.63) is 31.1 Å². The number of nitrogens with zero attached hydrogens (tertiary/aromatic N) is 2. The van der Waals surface area contributed by atoms with Crippen molar-refractivity contribution >= 4 is 35.4 Å². The zero-order valence-corrected chi connectivity index (χ0v) is 13.4. The Labute approximate surface area is 136 Å². The zero-order valence-electron chi connectivity index (χ0n) is 12.6. The number of hydrogen-bond acceptors (Lipinski definition) is 5. The number of amides is 2. The van der Waals surface area contributed by atoms with Crippen molar-refractivity contribution < 1.29 is 23.9 Å². The number of hydrogen-bond donors (Lipinski definition) is 1. The van der Waals surface area contributed by atoms with Crippen LogP contribution in [0.15, 0.2) is 35.5 Å². The Morgan fingerprint density at radius 1 is 1.52 bits per heavy atom. The molecule has 2 saturated heterocycles. The molecule has 1 N–H and O–H groups in total. The lowest BCUT2D eigenvalue weighted by atomic mass is 9.95. The van der Waals surface area contributed by atoms with Gasteiger partial charge in [0.25, 0.3) is 11.8 Å². The van der Waals surface area contributed by atoms with Gasteiger partial charge < -0.3 is 14.4 Å². The summed E-state index contributed by atoms with van der Waals surface area (Å²) in [5.74, 6) is -1.66. The van der Waals surface area contributed by atoms with E-state index in [2.05, 4.69) is 6.58 Å². The van der Waals surface area contributed by atoms with Crippen LogP contribution in [0.1, 0.15) is 13.8 Å². The molecule has 7 nitrogen and oxygen atoms in total. The highest BCUT2D eigenvalue weighted by Gasteiger charge is 2.66. The Kier molecular flexibility index (Phi) is 3.51. The molecule has 2 aliphatic rings. The quantitative estimate of drug-likeness (QED) is 0.658. The summed E-state index contributed by atoms with van der Waals surface area (Å²) < 4.78 is 4.61. The van der Waals surface area contributed by atoms with Gasteiger partial charge in [-0.3, -0.25) is 14.5 Å². The van der Waals surface area contributed by atoms with Crippen LogP contribution in [0.25, 0.3) is 0 Å². The number of fused-ring (bicyclic) bond motifs is 1. The number of aliphatic carboxylic acids is 1.